The number of imidazole rings is 1. The zero-order valence-electron chi connectivity index (χ0n) is 10.5. The Morgan fingerprint density at radius 1 is 1.39 bits per heavy atom. The van der Waals surface area contributed by atoms with Crippen molar-refractivity contribution < 1.29 is 4.74 Å². The molecule has 5 heteroatoms. The van der Waals surface area contributed by atoms with Gasteiger partial charge in [0.2, 0.25) is 5.95 Å². The molecule has 2 rings (SSSR count). The van der Waals surface area contributed by atoms with E-state index in [9.17, 15) is 0 Å². The van der Waals surface area contributed by atoms with Gasteiger partial charge in [-0.05, 0) is 18.6 Å². The van der Waals surface area contributed by atoms with Crippen molar-refractivity contribution in [2.75, 3.05) is 18.9 Å². The van der Waals surface area contributed by atoms with Crippen LogP contribution in [0.4, 0.5) is 5.95 Å². The van der Waals surface area contributed by atoms with Gasteiger partial charge in [0.1, 0.15) is 5.52 Å². The summed E-state index contributed by atoms with van der Waals surface area (Å²) in [5, 5.41) is 0.629. The molecule has 98 valence electrons. The minimum absolute atomic E-state index is 0.484. The van der Waals surface area contributed by atoms with Crippen LogP contribution in [0.25, 0.3) is 11.0 Å². The third kappa shape index (κ3) is 2.76. The summed E-state index contributed by atoms with van der Waals surface area (Å²) in [6, 6.07) is 5.69. The topological polar surface area (TPSA) is 53.1 Å². The van der Waals surface area contributed by atoms with Gasteiger partial charge in [0.05, 0.1) is 17.1 Å². The minimum atomic E-state index is 0.484. The maximum absolute atomic E-state index is 6.08. The molecule has 2 aromatic rings. The average Bonchev–Trinajstić information content (AvgIpc) is 2.68. The number of fused-ring (bicyclic) bond motifs is 1. The summed E-state index contributed by atoms with van der Waals surface area (Å²) in [5.41, 5.74) is 7.61. The zero-order chi connectivity index (χ0) is 13.0. The molecule has 1 aromatic carbocycles. The molecule has 0 saturated carbocycles. The molecule has 0 aliphatic carbocycles. The molecule has 18 heavy (non-hydrogen) atoms. The molecule has 0 aliphatic rings. The van der Waals surface area contributed by atoms with Crippen molar-refractivity contribution >= 4 is 28.6 Å². The van der Waals surface area contributed by atoms with Crippen LogP contribution in [0, 0.1) is 0 Å². The number of ether oxygens (including phenoxy) is 1. The molecule has 4 nitrogen and oxygen atoms in total. The molecule has 0 atom stereocenters. The van der Waals surface area contributed by atoms with Crippen LogP contribution < -0.4 is 5.73 Å². The van der Waals surface area contributed by atoms with Gasteiger partial charge in [0.15, 0.2) is 0 Å². The first kappa shape index (κ1) is 13.2. The number of aromatic nitrogens is 2. The summed E-state index contributed by atoms with van der Waals surface area (Å²) in [6.45, 7) is 4.28. The third-order valence-corrected chi connectivity index (χ3v) is 3.17. The van der Waals surface area contributed by atoms with E-state index in [0.29, 0.717) is 24.1 Å². The van der Waals surface area contributed by atoms with E-state index < -0.39 is 0 Å². The fourth-order valence-electron chi connectivity index (χ4n) is 1.87. The lowest BCUT2D eigenvalue weighted by Gasteiger charge is -2.07. The molecule has 2 N–H and O–H groups in total. The third-order valence-electron chi connectivity index (χ3n) is 2.86. The normalized spacial score (nSPS) is 11.2. The number of nitrogens with two attached hydrogens (primary N) is 1. The second-order valence-corrected chi connectivity index (χ2v) is 4.60. The molecule has 0 saturated heterocycles. The van der Waals surface area contributed by atoms with Crippen molar-refractivity contribution in [1.29, 1.82) is 0 Å². The number of rotatable bonds is 6. The molecule has 0 unspecified atom stereocenters. The number of para-hydroxylation sites is 1. The van der Waals surface area contributed by atoms with Crippen LogP contribution in [-0.4, -0.2) is 22.8 Å². The highest BCUT2D eigenvalue weighted by Gasteiger charge is 2.09. The summed E-state index contributed by atoms with van der Waals surface area (Å²) >= 11 is 6.08. The fraction of sp³-hybridized carbons (Fsp3) is 0.462. The first-order valence-electron chi connectivity index (χ1n) is 6.22. The van der Waals surface area contributed by atoms with Gasteiger partial charge in [-0.1, -0.05) is 31.0 Å². The highest BCUT2D eigenvalue weighted by molar-refractivity contribution is 6.35. The predicted molar refractivity (Wildman–Crippen MR) is 74.9 cm³/mol. The van der Waals surface area contributed by atoms with Gasteiger partial charge in [-0.15, -0.1) is 0 Å². The summed E-state index contributed by atoms with van der Waals surface area (Å²) in [7, 11) is 0. The van der Waals surface area contributed by atoms with E-state index in [1.165, 1.54) is 0 Å². The van der Waals surface area contributed by atoms with Crippen molar-refractivity contribution in [1.82, 2.24) is 9.55 Å². The Bertz CT molecular complexity index is 524. The second kappa shape index (κ2) is 6.07. The van der Waals surface area contributed by atoms with Crippen molar-refractivity contribution in [2.24, 2.45) is 0 Å². The molecule has 0 spiro atoms. The number of nitrogen functional groups attached to an aromatic ring is 1. The van der Waals surface area contributed by atoms with Crippen LogP contribution in [0.2, 0.25) is 5.02 Å². The van der Waals surface area contributed by atoms with Crippen LogP contribution in [0.5, 0.6) is 0 Å². The summed E-state index contributed by atoms with van der Waals surface area (Å²) in [6.07, 6.45) is 2.23. The molecular formula is C13H18ClN3O. The van der Waals surface area contributed by atoms with Crippen LogP contribution in [0.3, 0.4) is 0 Å². The number of unbranched alkanes of at least 4 members (excludes halogenated alkanes) is 1. The summed E-state index contributed by atoms with van der Waals surface area (Å²) < 4.78 is 7.48. The maximum Gasteiger partial charge on any atom is 0.201 e. The smallest absolute Gasteiger partial charge is 0.201 e. The van der Waals surface area contributed by atoms with Gasteiger partial charge in [0.25, 0.3) is 0 Å². The largest absolute Gasteiger partial charge is 0.380 e. The lowest BCUT2D eigenvalue weighted by molar-refractivity contribution is 0.124. The fourth-order valence-corrected chi connectivity index (χ4v) is 2.08. The van der Waals surface area contributed by atoms with Gasteiger partial charge in [-0.2, -0.15) is 0 Å². The SMILES string of the molecule is CCCCOCCn1c(N)nc2c(Cl)cccc21. The van der Waals surface area contributed by atoms with Gasteiger partial charge in [-0.25, -0.2) is 4.98 Å². The number of anilines is 1. The molecular weight excluding hydrogens is 250 g/mol. The molecule has 1 aromatic heterocycles. The molecule has 0 aliphatic heterocycles. The van der Waals surface area contributed by atoms with E-state index in [1.54, 1.807) is 0 Å². The van der Waals surface area contributed by atoms with Gasteiger partial charge in [-0.3, -0.25) is 0 Å². The Hall–Kier alpha value is -1.26. The van der Waals surface area contributed by atoms with Crippen molar-refractivity contribution in [3.05, 3.63) is 23.2 Å². The zero-order valence-corrected chi connectivity index (χ0v) is 11.3. The first-order valence-corrected chi connectivity index (χ1v) is 6.59. The minimum Gasteiger partial charge on any atom is -0.380 e. The summed E-state index contributed by atoms with van der Waals surface area (Å²) in [4.78, 5) is 4.28. The molecule has 0 amide bonds. The Labute approximate surface area is 112 Å². The van der Waals surface area contributed by atoms with Crippen molar-refractivity contribution in [3.8, 4) is 0 Å². The molecule has 0 fully saturated rings. The lowest BCUT2D eigenvalue weighted by Crippen LogP contribution is -2.09. The second-order valence-electron chi connectivity index (χ2n) is 4.20. The number of hydrogen-bond acceptors (Lipinski definition) is 3. The Morgan fingerprint density at radius 3 is 3.00 bits per heavy atom. The van der Waals surface area contributed by atoms with E-state index in [4.69, 9.17) is 22.1 Å². The Morgan fingerprint density at radius 2 is 2.22 bits per heavy atom. The summed E-state index contributed by atoms with van der Waals surface area (Å²) in [5.74, 6) is 0.484. The lowest BCUT2D eigenvalue weighted by atomic mass is 10.3. The Kier molecular flexibility index (Phi) is 4.44. The highest BCUT2D eigenvalue weighted by Crippen LogP contribution is 2.24. The van der Waals surface area contributed by atoms with Crippen LogP contribution in [0.15, 0.2) is 18.2 Å². The monoisotopic (exact) mass is 267 g/mol. The van der Waals surface area contributed by atoms with Crippen LogP contribution in [0.1, 0.15) is 19.8 Å². The molecule has 1 heterocycles. The quantitative estimate of drug-likeness (QED) is 0.819. The molecule has 0 bridgehead atoms. The van der Waals surface area contributed by atoms with Crippen molar-refractivity contribution in [3.63, 3.8) is 0 Å². The Balaban J connectivity index is 2.08. The van der Waals surface area contributed by atoms with E-state index in [-0.39, 0.29) is 0 Å². The van der Waals surface area contributed by atoms with Gasteiger partial charge < -0.3 is 15.0 Å². The average molecular weight is 268 g/mol. The van der Waals surface area contributed by atoms with Crippen LogP contribution in [-0.2, 0) is 11.3 Å². The van der Waals surface area contributed by atoms with Gasteiger partial charge >= 0.3 is 0 Å². The van der Waals surface area contributed by atoms with Crippen molar-refractivity contribution in [2.45, 2.75) is 26.3 Å². The number of hydrogen-bond donors (Lipinski definition) is 1. The van der Waals surface area contributed by atoms with E-state index >= 15 is 0 Å². The predicted octanol–water partition coefficient (Wildman–Crippen LogP) is 3.09. The number of halogens is 1. The van der Waals surface area contributed by atoms with Crippen LogP contribution >= 0.6 is 11.6 Å². The standard InChI is InChI=1S/C13H18ClN3O/c1-2-3-8-18-9-7-17-11-6-4-5-10(14)12(11)16-13(17)15/h4-6H,2-3,7-9H2,1H3,(H2,15,16). The van der Waals surface area contributed by atoms with E-state index in [0.717, 1.165) is 30.5 Å². The first-order chi connectivity index (χ1) is 8.74. The van der Waals surface area contributed by atoms with Gasteiger partial charge in [0, 0.05) is 13.2 Å². The maximum atomic E-state index is 6.08. The number of benzene rings is 1. The number of nitrogens with zero attached hydrogens (tertiary/aromatic N) is 2. The molecule has 0 radical (unpaired) electrons. The van der Waals surface area contributed by atoms with E-state index in [1.807, 2.05) is 22.8 Å². The van der Waals surface area contributed by atoms with E-state index in [2.05, 4.69) is 11.9 Å². The highest BCUT2D eigenvalue weighted by atomic mass is 35.5.